The number of nitrogens with zero attached hydrogens (tertiary/aromatic N) is 2. The number of esters is 1. The second-order valence-electron chi connectivity index (χ2n) is 5.74. The molecule has 1 aliphatic heterocycles. The van der Waals surface area contributed by atoms with Crippen LogP contribution in [0.15, 0.2) is 30.3 Å². The van der Waals surface area contributed by atoms with Crippen LogP contribution in [0.2, 0.25) is 0 Å². The lowest BCUT2D eigenvalue weighted by atomic mass is 10.1. The van der Waals surface area contributed by atoms with Crippen LogP contribution >= 0.6 is 0 Å². The van der Waals surface area contributed by atoms with Gasteiger partial charge in [0.05, 0.1) is 7.11 Å². The number of piperazine rings is 1. The number of benzene rings is 1. The molecule has 1 atom stereocenters. The second kappa shape index (κ2) is 8.44. The molecule has 130 valence electrons. The number of hydrogen-bond donors (Lipinski definition) is 1. The van der Waals surface area contributed by atoms with Gasteiger partial charge in [0.25, 0.3) is 0 Å². The maximum Gasteiger partial charge on any atom is 0.325 e. The van der Waals surface area contributed by atoms with Crippen LogP contribution < -0.4 is 5.32 Å². The number of rotatable bonds is 5. The number of carbonyl (C=O) groups is 3. The van der Waals surface area contributed by atoms with Crippen molar-refractivity contribution in [3.8, 4) is 0 Å². The molecule has 7 heteroatoms. The highest BCUT2D eigenvalue weighted by molar-refractivity contribution is 5.89. The average Bonchev–Trinajstić information content (AvgIpc) is 2.59. The van der Waals surface area contributed by atoms with E-state index in [2.05, 4.69) is 15.0 Å². The van der Waals surface area contributed by atoms with E-state index in [1.54, 1.807) is 4.90 Å². The standard InChI is InChI=1S/C17H23N3O4/c1-13(21)20-9-8-19(11-14-6-4-3-5-7-14)12-15(20)17(23)18-10-16(22)24-2/h3-7,15H,8-12H2,1-2H3,(H,18,23). The van der Waals surface area contributed by atoms with E-state index in [1.807, 2.05) is 30.3 Å². The zero-order chi connectivity index (χ0) is 17.5. The summed E-state index contributed by atoms with van der Waals surface area (Å²) in [6, 6.07) is 9.36. The molecule has 0 saturated carbocycles. The van der Waals surface area contributed by atoms with E-state index in [-0.39, 0.29) is 18.4 Å². The summed E-state index contributed by atoms with van der Waals surface area (Å²) in [6.07, 6.45) is 0. The summed E-state index contributed by atoms with van der Waals surface area (Å²) in [4.78, 5) is 39.1. The molecule has 1 unspecified atom stereocenters. The molecule has 1 fully saturated rings. The van der Waals surface area contributed by atoms with Gasteiger partial charge < -0.3 is 15.0 Å². The molecule has 0 aromatic heterocycles. The van der Waals surface area contributed by atoms with Crippen LogP contribution in [0.1, 0.15) is 12.5 Å². The van der Waals surface area contributed by atoms with Crippen LogP contribution in [0.4, 0.5) is 0 Å². The minimum Gasteiger partial charge on any atom is -0.468 e. The fourth-order valence-corrected chi connectivity index (χ4v) is 2.78. The van der Waals surface area contributed by atoms with Crippen molar-refractivity contribution in [2.75, 3.05) is 33.3 Å². The van der Waals surface area contributed by atoms with Crippen molar-refractivity contribution in [1.82, 2.24) is 15.1 Å². The fourth-order valence-electron chi connectivity index (χ4n) is 2.78. The van der Waals surface area contributed by atoms with Crippen LogP contribution in [0, 0.1) is 0 Å². The molecule has 24 heavy (non-hydrogen) atoms. The van der Waals surface area contributed by atoms with Gasteiger partial charge in [0, 0.05) is 33.1 Å². The van der Waals surface area contributed by atoms with Crippen molar-refractivity contribution in [2.45, 2.75) is 19.5 Å². The van der Waals surface area contributed by atoms with Gasteiger partial charge in [-0.1, -0.05) is 30.3 Å². The number of amides is 2. The summed E-state index contributed by atoms with van der Waals surface area (Å²) in [7, 11) is 1.26. The van der Waals surface area contributed by atoms with Crippen LogP contribution in [-0.4, -0.2) is 66.9 Å². The summed E-state index contributed by atoms with van der Waals surface area (Å²) in [5.74, 6) is -1.00. The third-order valence-corrected chi connectivity index (χ3v) is 4.06. The van der Waals surface area contributed by atoms with Crippen molar-refractivity contribution in [2.24, 2.45) is 0 Å². The van der Waals surface area contributed by atoms with Crippen LogP contribution in [0.3, 0.4) is 0 Å². The average molecular weight is 333 g/mol. The quantitative estimate of drug-likeness (QED) is 0.768. The normalized spacial score (nSPS) is 18.1. The van der Waals surface area contributed by atoms with E-state index in [4.69, 9.17) is 0 Å². The van der Waals surface area contributed by atoms with Crippen LogP contribution in [0.5, 0.6) is 0 Å². The second-order valence-corrected chi connectivity index (χ2v) is 5.74. The molecule has 1 heterocycles. The maximum atomic E-state index is 12.4. The van der Waals surface area contributed by atoms with Gasteiger partial charge in [0.1, 0.15) is 12.6 Å². The smallest absolute Gasteiger partial charge is 0.325 e. The number of nitrogens with one attached hydrogen (secondary N) is 1. The maximum absolute atomic E-state index is 12.4. The molecule has 1 aliphatic rings. The third kappa shape index (κ3) is 4.79. The Hall–Kier alpha value is -2.41. The zero-order valence-electron chi connectivity index (χ0n) is 14.0. The molecular weight excluding hydrogens is 310 g/mol. The number of methoxy groups -OCH3 is 1. The Kier molecular flexibility index (Phi) is 6.31. The molecule has 1 N–H and O–H groups in total. The monoisotopic (exact) mass is 333 g/mol. The van der Waals surface area contributed by atoms with Gasteiger partial charge in [-0.2, -0.15) is 0 Å². The van der Waals surface area contributed by atoms with Crippen molar-refractivity contribution < 1.29 is 19.1 Å². The van der Waals surface area contributed by atoms with Gasteiger partial charge in [-0.3, -0.25) is 19.3 Å². The molecule has 0 aliphatic carbocycles. The topological polar surface area (TPSA) is 79.0 Å². The zero-order valence-corrected chi connectivity index (χ0v) is 14.0. The highest BCUT2D eigenvalue weighted by Gasteiger charge is 2.33. The Morgan fingerprint density at radius 2 is 1.92 bits per heavy atom. The predicted molar refractivity (Wildman–Crippen MR) is 87.9 cm³/mol. The minimum atomic E-state index is -0.607. The van der Waals surface area contributed by atoms with E-state index in [9.17, 15) is 14.4 Å². The Morgan fingerprint density at radius 1 is 1.21 bits per heavy atom. The van der Waals surface area contributed by atoms with Gasteiger partial charge >= 0.3 is 5.97 Å². The van der Waals surface area contributed by atoms with Crippen molar-refractivity contribution in [1.29, 1.82) is 0 Å². The van der Waals surface area contributed by atoms with Crippen LogP contribution in [-0.2, 0) is 25.7 Å². The van der Waals surface area contributed by atoms with Crippen molar-refractivity contribution in [3.05, 3.63) is 35.9 Å². The molecule has 0 bridgehead atoms. The van der Waals surface area contributed by atoms with Gasteiger partial charge in [0.15, 0.2) is 0 Å². The summed E-state index contributed by atoms with van der Waals surface area (Å²) in [5, 5.41) is 2.54. The SMILES string of the molecule is COC(=O)CNC(=O)C1CN(Cc2ccccc2)CCN1C(C)=O. The Morgan fingerprint density at radius 3 is 2.54 bits per heavy atom. The summed E-state index contributed by atoms with van der Waals surface area (Å²) < 4.78 is 4.52. The predicted octanol–water partition coefficient (Wildman–Crippen LogP) is 0.00850. The lowest BCUT2D eigenvalue weighted by molar-refractivity contribution is -0.145. The summed E-state index contributed by atoms with van der Waals surface area (Å²) >= 11 is 0. The first kappa shape index (κ1) is 17.9. The molecule has 0 radical (unpaired) electrons. The van der Waals surface area contributed by atoms with Gasteiger partial charge in [0.2, 0.25) is 11.8 Å². The van der Waals surface area contributed by atoms with E-state index >= 15 is 0 Å². The first-order valence-corrected chi connectivity index (χ1v) is 7.89. The third-order valence-electron chi connectivity index (χ3n) is 4.06. The number of ether oxygens (including phenoxy) is 1. The summed E-state index contributed by atoms with van der Waals surface area (Å²) in [5.41, 5.74) is 1.16. The molecule has 2 rings (SSSR count). The molecule has 2 amide bonds. The summed E-state index contributed by atoms with van der Waals surface area (Å²) in [6.45, 7) is 3.59. The molecule has 7 nitrogen and oxygen atoms in total. The van der Waals surface area contributed by atoms with E-state index in [1.165, 1.54) is 14.0 Å². The first-order valence-electron chi connectivity index (χ1n) is 7.89. The highest BCUT2D eigenvalue weighted by Crippen LogP contribution is 2.14. The molecule has 1 aromatic carbocycles. The largest absolute Gasteiger partial charge is 0.468 e. The lowest BCUT2D eigenvalue weighted by Gasteiger charge is -2.40. The van der Waals surface area contributed by atoms with E-state index < -0.39 is 12.0 Å². The molecule has 1 aromatic rings. The van der Waals surface area contributed by atoms with Gasteiger partial charge in [-0.15, -0.1) is 0 Å². The molecule has 1 saturated heterocycles. The van der Waals surface area contributed by atoms with Gasteiger partial charge in [-0.05, 0) is 5.56 Å². The first-order chi connectivity index (χ1) is 11.5. The highest BCUT2D eigenvalue weighted by atomic mass is 16.5. The minimum absolute atomic E-state index is 0.146. The van der Waals surface area contributed by atoms with Gasteiger partial charge in [-0.25, -0.2) is 0 Å². The molecular formula is C17H23N3O4. The van der Waals surface area contributed by atoms with E-state index in [0.717, 1.165) is 5.56 Å². The number of carbonyl (C=O) groups excluding carboxylic acids is 3. The number of hydrogen-bond acceptors (Lipinski definition) is 5. The lowest BCUT2D eigenvalue weighted by Crippen LogP contribution is -2.60. The Labute approximate surface area is 141 Å². The van der Waals surface area contributed by atoms with E-state index in [0.29, 0.717) is 26.2 Å². The van der Waals surface area contributed by atoms with Crippen LogP contribution in [0.25, 0.3) is 0 Å². The van der Waals surface area contributed by atoms with Crippen molar-refractivity contribution >= 4 is 17.8 Å². The Bertz CT molecular complexity index is 591. The fraction of sp³-hybridized carbons (Fsp3) is 0.471. The Balaban J connectivity index is 2.01. The van der Waals surface area contributed by atoms with Crippen molar-refractivity contribution in [3.63, 3.8) is 0 Å². The molecule has 0 spiro atoms.